The number of aromatic nitrogens is 1. The molecule has 1 N–H and O–H groups in total. The number of nitrogens with zero attached hydrogens (tertiary/aromatic N) is 3. The molecule has 7 nitrogen and oxygen atoms in total. The van der Waals surface area contributed by atoms with Gasteiger partial charge in [0.15, 0.2) is 23.0 Å². The van der Waals surface area contributed by atoms with Crippen molar-refractivity contribution in [2.45, 2.75) is 39.2 Å². The molecule has 0 saturated heterocycles. The third kappa shape index (κ3) is 4.32. The van der Waals surface area contributed by atoms with Crippen molar-refractivity contribution in [1.29, 1.82) is 0 Å². The highest BCUT2D eigenvalue weighted by atomic mass is 19.1. The van der Waals surface area contributed by atoms with Gasteiger partial charge in [-0.1, -0.05) is 56.3 Å². The number of rotatable bonds is 1. The minimum absolute atomic E-state index is 0.0756. The van der Waals surface area contributed by atoms with E-state index in [0.717, 1.165) is 24.8 Å². The molecule has 0 aliphatic carbocycles. The quantitative estimate of drug-likeness (QED) is 0.545. The van der Waals surface area contributed by atoms with Crippen LogP contribution in [0.5, 0.6) is 11.5 Å². The Morgan fingerprint density at radius 2 is 1.81 bits per heavy atom. The van der Waals surface area contributed by atoms with Gasteiger partial charge in [-0.3, -0.25) is 19.3 Å². The number of hydrogen-bond acceptors (Lipinski definition) is 5. The third-order valence-electron chi connectivity index (χ3n) is 7.15. The van der Waals surface area contributed by atoms with Gasteiger partial charge in [0.05, 0.1) is 6.61 Å². The molecule has 2 aliphatic heterocycles. The van der Waals surface area contributed by atoms with Gasteiger partial charge in [0, 0.05) is 24.4 Å². The van der Waals surface area contributed by atoms with Gasteiger partial charge in [-0.05, 0) is 36.3 Å². The molecular weight excluding hydrogens is 461 g/mol. The van der Waals surface area contributed by atoms with Crippen LogP contribution >= 0.6 is 0 Å². The molecule has 0 fully saturated rings. The number of ether oxygens (including phenoxy) is 1. The number of halogens is 1. The maximum Gasteiger partial charge on any atom is 0.277 e. The highest BCUT2D eigenvalue weighted by molar-refractivity contribution is 5.96. The monoisotopic (exact) mass is 491 g/mol. The lowest BCUT2D eigenvalue weighted by atomic mass is 9.84. The summed E-state index contributed by atoms with van der Waals surface area (Å²) in [6, 6.07) is 15.1. The molecule has 0 radical (unpaired) electrons. The van der Waals surface area contributed by atoms with Gasteiger partial charge in [0.2, 0.25) is 5.43 Å². The molecule has 0 saturated carbocycles. The first-order chi connectivity index (χ1) is 17.3. The summed E-state index contributed by atoms with van der Waals surface area (Å²) < 4.78 is 22.9. The Bertz CT molecular complexity index is 1340. The van der Waals surface area contributed by atoms with Crippen molar-refractivity contribution in [2.75, 3.05) is 24.8 Å². The second kappa shape index (κ2) is 9.33. The number of benzene rings is 2. The zero-order valence-corrected chi connectivity index (χ0v) is 20.5. The van der Waals surface area contributed by atoms with Gasteiger partial charge in [0.1, 0.15) is 12.7 Å². The minimum atomic E-state index is -0.624. The van der Waals surface area contributed by atoms with E-state index >= 15 is 4.39 Å². The summed E-state index contributed by atoms with van der Waals surface area (Å²) in [5.74, 6) is -1.30. The topological polar surface area (TPSA) is 75.0 Å². The summed E-state index contributed by atoms with van der Waals surface area (Å²) in [5.41, 5.74) is 0.649. The summed E-state index contributed by atoms with van der Waals surface area (Å²) in [6.45, 7) is 5.27. The molecule has 1 atom stereocenters. The molecule has 1 amide bonds. The van der Waals surface area contributed by atoms with Gasteiger partial charge in [-0.25, -0.2) is 4.39 Å². The normalized spacial score (nSPS) is 19.8. The average molecular weight is 492 g/mol. The molecule has 0 spiro atoms. The van der Waals surface area contributed by atoms with Gasteiger partial charge in [-0.2, -0.15) is 0 Å². The first kappa shape index (κ1) is 23.9. The van der Waals surface area contributed by atoms with E-state index in [-0.39, 0.29) is 23.5 Å². The average Bonchev–Trinajstić information content (AvgIpc) is 2.86. The van der Waals surface area contributed by atoms with Crippen molar-refractivity contribution >= 4 is 5.91 Å². The summed E-state index contributed by atoms with van der Waals surface area (Å²) >= 11 is 0. The largest absolute Gasteiger partial charge is 0.502 e. The lowest BCUT2D eigenvalue weighted by Crippen LogP contribution is -2.55. The first-order valence-corrected chi connectivity index (χ1v) is 12.2. The Labute approximate surface area is 209 Å². The number of carbonyl (C=O) groups is 1. The first-order valence-electron chi connectivity index (χ1n) is 12.2. The highest BCUT2D eigenvalue weighted by Gasteiger charge is 2.38. The third-order valence-corrected chi connectivity index (χ3v) is 7.15. The van der Waals surface area contributed by atoms with E-state index < -0.39 is 28.9 Å². The maximum absolute atomic E-state index is 15.3. The van der Waals surface area contributed by atoms with Crippen molar-refractivity contribution < 1.29 is 19.0 Å². The van der Waals surface area contributed by atoms with Gasteiger partial charge in [0.25, 0.3) is 5.91 Å². The lowest BCUT2D eigenvalue weighted by Gasteiger charge is -2.44. The van der Waals surface area contributed by atoms with Crippen molar-refractivity contribution in [3.8, 4) is 11.5 Å². The molecule has 0 unspecified atom stereocenters. The molecule has 2 bridgehead atoms. The van der Waals surface area contributed by atoms with Crippen LogP contribution < -0.4 is 15.2 Å². The molecule has 8 heteroatoms. The number of para-hydroxylation sites is 1. The molecule has 2 aliphatic rings. The zero-order valence-electron chi connectivity index (χ0n) is 20.5. The van der Waals surface area contributed by atoms with Crippen molar-refractivity contribution in [3.63, 3.8) is 0 Å². The van der Waals surface area contributed by atoms with Gasteiger partial charge < -0.3 is 14.7 Å². The fourth-order valence-electron chi connectivity index (χ4n) is 5.11. The SMILES string of the molecule is CC1(C)CCCN2CN([C@H](c3ccccc3)c3cccc(F)c3OCC1)n1ccc(=O)c(O)c1C2=O. The van der Waals surface area contributed by atoms with Crippen LogP contribution in [0.4, 0.5) is 4.39 Å². The number of pyridine rings is 1. The van der Waals surface area contributed by atoms with Crippen LogP contribution in [0.2, 0.25) is 0 Å². The standard InChI is InChI=1S/C28H30FN3O4/c1-28(2)13-7-15-30-18-32(31-16-12-22(33)25(34)24(31)27(30)35)23(19-8-4-3-5-9-19)20-10-6-11-21(29)26(20)36-17-14-28/h3-6,8-12,16,23,34H,7,13-15,17-18H2,1-2H3/t23-/m1/s1. The van der Waals surface area contributed by atoms with Crippen molar-refractivity contribution in [2.24, 2.45) is 5.41 Å². The second-order valence-corrected chi connectivity index (χ2v) is 10.2. The minimum Gasteiger partial charge on any atom is -0.502 e. The van der Waals surface area contributed by atoms with E-state index in [0.29, 0.717) is 18.7 Å². The summed E-state index contributed by atoms with van der Waals surface area (Å²) in [7, 11) is 0. The number of aromatic hydroxyl groups is 1. The molecule has 1 aromatic heterocycles. The van der Waals surface area contributed by atoms with Gasteiger partial charge in [-0.15, -0.1) is 0 Å². The van der Waals surface area contributed by atoms with E-state index in [1.165, 1.54) is 23.0 Å². The summed E-state index contributed by atoms with van der Waals surface area (Å²) in [5, 5.41) is 12.6. The van der Waals surface area contributed by atoms with Crippen LogP contribution in [0.3, 0.4) is 0 Å². The molecule has 36 heavy (non-hydrogen) atoms. The molecule has 5 rings (SSSR count). The Morgan fingerprint density at radius 1 is 1.03 bits per heavy atom. The number of fused-ring (bicyclic) bond motifs is 5. The predicted molar refractivity (Wildman–Crippen MR) is 134 cm³/mol. The van der Waals surface area contributed by atoms with Crippen molar-refractivity contribution in [1.82, 2.24) is 9.58 Å². The Kier molecular flexibility index (Phi) is 6.20. The predicted octanol–water partition coefficient (Wildman–Crippen LogP) is 4.42. The fraction of sp³-hybridized carbons (Fsp3) is 0.357. The fourth-order valence-corrected chi connectivity index (χ4v) is 5.11. The van der Waals surface area contributed by atoms with Crippen LogP contribution in [-0.2, 0) is 0 Å². The molecular formula is C28H30FN3O4. The smallest absolute Gasteiger partial charge is 0.277 e. The molecule has 188 valence electrons. The zero-order chi connectivity index (χ0) is 25.4. The van der Waals surface area contributed by atoms with Crippen LogP contribution in [-0.4, -0.2) is 40.4 Å². The molecule has 3 heterocycles. The Balaban J connectivity index is 1.76. The van der Waals surface area contributed by atoms with E-state index in [9.17, 15) is 14.7 Å². The van der Waals surface area contributed by atoms with Crippen LogP contribution in [0.25, 0.3) is 0 Å². The summed E-state index contributed by atoms with van der Waals surface area (Å²) in [6.07, 6.45) is 3.79. The molecule has 2 aromatic carbocycles. The number of hydrogen-bond donors (Lipinski definition) is 1. The molecule has 3 aromatic rings. The van der Waals surface area contributed by atoms with E-state index in [4.69, 9.17) is 4.74 Å². The number of amides is 1. The van der Waals surface area contributed by atoms with Crippen LogP contribution in [0, 0.1) is 11.2 Å². The Hall–Kier alpha value is -3.81. The lowest BCUT2D eigenvalue weighted by molar-refractivity contribution is 0.0669. The highest BCUT2D eigenvalue weighted by Crippen LogP contribution is 2.39. The van der Waals surface area contributed by atoms with Crippen LogP contribution in [0.15, 0.2) is 65.6 Å². The van der Waals surface area contributed by atoms with Crippen LogP contribution in [0.1, 0.15) is 60.8 Å². The maximum atomic E-state index is 15.3. The van der Waals surface area contributed by atoms with E-state index in [2.05, 4.69) is 13.8 Å². The summed E-state index contributed by atoms with van der Waals surface area (Å²) in [4.78, 5) is 27.5. The second-order valence-electron chi connectivity index (χ2n) is 10.2. The van der Waals surface area contributed by atoms with Crippen molar-refractivity contribution in [3.05, 3.63) is 93.7 Å². The Morgan fingerprint density at radius 3 is 2.58 bits per heavy atom. The van der Waals surface area contributed by atoms with E-state index in [1.807, 2.05) is 41.4 Å². The number of carbonyl (C=O) groups excluding carboxylic acids is 1. The van der Waals surface area contributed by atoms with E-state index in [1.54, 1.807) is 11.0 Å². The van der Waals surface area contributed by atoms with Gasteiger partial charge >= 0.3 is 0 Å².